The van der Waals surface area contributed by atoms with Crippen LogP contribution in [0.1, 0.15) is 35.3 Å². The molecule has 1 amide bonds. The van der Waals surface area contributed by atoms with E-state index >= 15 is 0 Å². The van der Waals surface area contributed by atoms with Crippen LogP contribution in [0.3, 0.4) is 0 Å². The van der Waals surface area contributed by atoms with Gasteiger partial charge >= 0.3 is 0 Å². The standard InChI is InChI=1S/C21H25N3OS/c1-6-24(7-2)17-11-9-16(10-12-17)20(25)22-21-23(5)19-15(4)14(3)8-13-18(19)26-21/h8-13H,6-7H2,1-5H3. The molecule has 0 N–H and O–H groups in total. The molecule has 0 aliphatic carbocycles. The van der Waals surface area contributed by atoms with Crippen molar-refractivity contribution < 1.29 is 4.79 Å². The van der Waals surface area contributed by atoms with Crippen molar-refractivity contribution in [2.75, 3.05) is 18.0 Å². The number of carbonyl (C=O) groups excluding carboxylic acids is 1. The van der Waals surface area contributed by atoms with E-state index in [1.165, 1.54) is 11.1 Å². The highest BCUT2D eigenvalue weighted by Crippen LogP contribution is 2.23. The number of fused-ring (bicyclic) bond motifs is 1. The van der Waals surface area contributed by atoms with Crippen molar-refractivity contribution in [3.63, 3.8) is 0 Å². The molecule has 0 aliphatic heterocycles. The molecule has 3 aromatic rings. The highest BCUT2D eigenvalue weighted by Gasteiger charge is 2.10. The summed E-state index contributed by atoms with van der Waals surface area (Å²) in [6.45, 7) is 10.4. The summed E-state index contributed by atoms with van der Waals surface area (Å²) >= 11 is 1.55. The number of anilines is 1. The highest BCUT2D eigenvalue weighted by molar-refractivity contribution is 7.16. The fourth-order valence-corrected chi connectivity index (χ4v) is 4.27. The summed E-state index contributed by atoms with van der Waals surface area (Å²) in [5, 5.41) is 0. The van der Waals surface area contributed by atoms with E-state index in [1.54, 1.807) is 11.3 Å². The van der Waals surface area contributed by atoms with Gasteiger partial charge in [0.2, 0.25) is 0 Å². The summed E-state index contributed by atoms with van der Waals surface area (Å²) in [4.78, 5) is 20.0. The summed E-state index contributed by atoms with van der Waals surface area (Å²) < 4.78 is 3.17. The third-order valence-corrected chi connectivity index (χ3v) is 6.03. The Morgan fingerprint density at radius 2 is 1.73 bits per heavy atom. The second-order valence-corrected chi connectivity index (χ2v) is 7.44. The molecule has 0 radical (unpaired) electrons. The average Bonchev–Trinajstić information content (AvgIpc) is 2.96. The lowest BCUT2D eigenvalue weighted by Crippen LogP contribution is -2.21. The maximum atomic E-state index is 12.6. The van der Waals surface area contributed by atoms with Crippen LogP contribution in [0.2, 0.25) is 0 Å². The van der Waals surface area contributed by atoms with Gasteiger partial charge in [0.1, 0.15) is 0 Å². The Morgan fingerprint density at radius 3 is 2.35 bits per heavy atom. The van der Waals surface area contributed by atoms with Gasteiger partial charge in [0.05, 0.1) is 10.2 Å². The Balaban J connectivity index is 1.98. The first-order valence-corrected chi connectivity index (χ1v) is 9.77. The van der Waals surface area contributed by atoms with Crippen LogP contribution in [0.25, 0.3) is 10.2 Å². The predicted octanol–water partition coefficient (Wildman–Crippen LogP) is 4.44. The van der Waals surface area contributed by atoms with Gasteiger partial charge in [-0.3, -0.25) is 4.79 Å². The molecule has 0 spiro atoms. The molecule has 26 heavy (non-hydrogen) atoms. The van der Waals surface area contributed by atoms with E-state index in [9.17, 15) is 4.79 Å². The zero-order valence-electron chi connectivity index (χ0n) is 16.0. The summed E-state index contributed by atoms with van der Waals surface area (Å²) in [5.41, 5.74) is 5.38. The maximum Gasteiger partial charge on any atom is 0.279 e. The van der Waals surface area contributed by atoms with E-state index in [0.717, 1.165) is 33.8 Å². The van der Waals surface area contributed by atoms with E-state index in [0.29, 0.717) is 5.56 Å². The van der Waals surface area contributed by atoms with Gasteiger partial charge in [-0.2, -0.15) is 4.99 Å². The van der Waals surface area contributed by atoms with Crippen molar-refractivity contribution in [3.05, 3.63) is 57.9 Å². The molecule has 136 valence electrons. The number of aromatic nitrogens is 1. The number of hydrogen-bond donors (Lipinski definition) is 0. The molecular formula is C21H25N3OS. The molecule has 0 unspecified atom stereocenters. The van der Waals surface area contributed by atoms with E-state index < -0.39 is 0 Å². The average molecular weight is 368 g/mol. The molecule has 0 aliphatic rings. The first-order valence-electron chi connectivity index (χ1n) is 8.96. The van der Waals surface area contributed by atoms with E-state index in [4.69, 9.17) is 0 Å². The van der Waals surface area contributed by atoms with Crippen LogP contribution in [0.4, 0.5) is 5.69 Å². The molecular weight excluding hydrogens is 342 g/mol. The SMILES string of the molecule is CCN(CC)c1ccc(C(=O)N=c2sc3ccc(C)c(C)c3n2C)cc1. The van der Waals surface area contributed by atoms with Crippen LogP contribution < -0.4 is 9.70 Å². The van der Waals surface area contributed by atoms with Crippen molar-refractivity contribution in [2.24, 2.45) is 12.0 Å². The molecule has 0 saturated heterocycles. The van der Waals surface area contributed by atoms with Gasteiger partial charge in [-0.1, -0.05) is 17.4 Å². The van der Waals surface area contributed by atoms with E-state index in [-0.39, 0.29) is 5.91 Å². The van der Waals surface area contributed by atoms with Gasteiger partial charge in [-0.05, 0) is 69.2 Å². The Hall–Kier alpha value is -2.40. The minimum Gasteiger partial charge on any atom is -0.372 e. The lowest BCUT2D eigenvalue weighted by Gasteiger charge is -2.20. The van der Waals surface area contributed by atoms with Crippen LogP contribution in [0.15, 0.2) is 41.4 Å². The molecule has 1 aromatic heterocycles. The molecule has 3 rings (SSSR count). The second-order valence-electron chi connectivity index (χ2n) is 6.43. The summed E-state index contributed by atoms with van der Waals surface area (Å²) in [7, 11) is 1.97. The third kappa shape index (κ3) is 3.31. The minimum atomic E-state index is -0.201. The second kappa shape index (κ2) is 7.46. The summed E-state index contributed by atoms with van der Waals surface area (Å²) in [5.74, 6) is -0.201. The van der Waals surface area contributed by atoms with Crippen molar-refractivity contribution in [1.82, 2.24) is 4.57 Å². The largest absolute Gasteiger partial charge is 0.372 e. The lowest BCUT2D eigenvalue weighted by atomic mass is 10.1. The topological polar surface area (TPSA) is 37.6 Å². The quantitative estimate of drug-likeness (QED) is 0.683. The fraction of sp³-hybridized carbons (Fsp3) is 0.333. The van der Waals surface area contributed by atoms with Gasteiger partial charge in [-0.15, -0.1) is 0 Å². The molecule has 5 heteroatoms. The van der Waals surface area contributed by atoms with Crippen LogP contribution in [-0.4, -0.2) is 23.6 Å². The molecule has 0 atom stereocenters. The number of hydrogen-bond acceptors (Lipinski definition) is 3. The van der Waals surface area contributed by atoms with Crippen LogP contribution in [0.5, 0.6) is 0 Å². The molecule has 1 heterocycles. The third-order valence-electron chi connectivity index (χ3n) is 4.93. The maximum absolute atomic E-state index is 12.6. The fourth-order valence-electron chi connectivity index (χ4n) is 3.19. The number of benzene rings is 2. The molecule has 2 aromatic carbocycles. The van der Waals surface area contributed by atoms with Gasteiger partial charge in [0.15, 0.2) is 4.80 Å². The zero-order valence-corrected chi connectivity index (χ0v) is 16.9. The Morgan fingerprint density at radius 1 is 1.08 bits per heavy atom. The van der Waals surface area contributed by atoms with Crippen molar-refractivity contribution in [2.45, 2.75) is 27.7 Å². The van der Waals surface area contributed by atoms with Crippen LogP contribution >= 0.6 is 11.3 Å². The number of aryl methyl sites for hydroxylation is 3. The van der Waals surface area contributed by atoms with Gasteiger partial charge in [-0.25, -0.2) is 0 Å². The lowest BCUT2D eigenvalue weighted by molar-refractivity contribution is 0.0998. The smallest absolute Gasteiger partial charge is 0.279 e. The van der Waals surface area contributed by atoms with Crippen molar-refractivity contribution >= 4 is 33.1 Å². The van der Waals surface area contributed by atoms with Crippen LogP contribution in [0, 0.1) is 13.8 Å². The number of thiazole rings is 1. The highest BCUT2D eigenvalue weighted by atomic mass is 32.1. The zero-order chi connectivity index (χ0) is 18.8. The summed E-state index contributed by atoms with van der Waals surface area (Å²) in [6.07, 6.45) is 0. The molecule has 0 fully saturated rings. The van der Waals surface area contributed by atoms with Crippen molar-refractivity contribution in [3.8, 4) is 0 Å². The monoisotopic (exact) mass is 367 g/mol. The van der Waals surface area contributed by atoms with Gasteiger partial charge in [0, 0.05) is 31.4 Å². The Bertz CT molecular complexity index is 1010. The molecule has 0 bridgehead atoms. The van der Waals surface area contributed by atoms with E-state index in [2.05, 4.69) is 49.7 Å². The predicted molar refractivity (Wildman–Crippen MR) is 110 cm³/mol. The number of carbonyl (C=O) groups is 1. The molecule has 0 saturated carbocycles. The van der Waals surface area contributed by atoms with Crippen LogP contribution in [-0.2, 0) is 7.05 Å². The number of rotatable bonds is 4. The summed E-state index contributed by atoms with van der Waals surface area (Å²) in [6, 6.07) is 11.9. The number of nitrogens with zero attached hydrogens (tertiary/aromatic N) is 3. The van der Waals surface area contributed by atoms with E-state index in [1.807, 2.05) is 35.9 Å². The number of amides is 1. The normalized spacial score (nSPS) is 12.0. The van der Waals surface area contributed by atoms with Crippen molar-refractivity contribution in [1.29, 1.82) is 0 Å². The Labute approximate surface area is 158 Å². The first kappa shape index (κ1) is 18.4. The Kier molecular flexibility index (Phi) is 5.28. The first-order chi connectivity index (χ1) is 12.5. The molecule has 4 nitrogen and oxygen atoms in total. The minimum absolute atomic E-state index is 0.201. The van der Waals surface area contributed by atoms with Gasteiger partial charge < -0.3 is 9.47 Å². The van der Waals surface area contributed by atoms with Gasteiger partial charge in [0.25, 0.3) is 5.91 Å².